The minimum absolute atomic E-state index is 0.0575. The van der Waals surface area contributed by atoms with Crippen LogP contribution in [0.5, 0.6) is 5.75 Å². The second kappa shape index (κ2) is 9.24. The summed E-state index contributed by atoms with van der Waals surface area (Å²) in [6, 6.07) is 17.5. The zero-order chi connectivity index (χ0) is 24.3. The molecule has 1 heterocycles. The molecule has 0 aliphatic carbocycles. The molecule has 34 heavy (non-hydrogen) atoms. The molecule has 0 spiro atoms. The number of anilines is 2. The molecule has 3 N–H and O–H groups in total. The highest BCUT2D eigenvalue weighted by Gasteiger charge is 2.21. The molecular weight excluding hydrogens is 458 g/mol. The highest BCUT2D eigenvalue weighted by Crippen LogP contribution is 2.29. The number of hydrogen-bond donors (Lipinski definition) is 3. The fourth-order valence-corrected chi connectivity index (χ4v) is 4.51. The lowest BCUT2D eigenvalue weighted by molar-refractivity contribution is -0.384. The number of benzene rings is 3. The SMILES string of the molecule is COc1ccc(NS(=O)(=O)c2ccc(NN=Cc3c(C)[nH]c4ccccc34)c([N+](=O)[O-])c2)cc1. The topological polar surface area (TPSA) is 139 Å². The Kier molecular flexibility index (Phi) is 6.19. The number of aryl methyl sites for hydroxylation is 1. The number of hydrazone groups is 1. The molecule has 0 saturated carbocycles. The Labute approximate surface area is 195 Å². The first-order valence-corrected chi connectivity index (χ1v) is 11.6. The largest absolute Gasteiger partial charge is 0.497 e. The molecule has 0 amide bonds. The van der Waals surface area contributed by atoms with Gasteiger partial charge in [-0.05, 0) is 49.4 Å². The second-order valence-corrected chi connectivity index (χ2v) is 9.03. The Morgan fingerprint density at radius 2 is 1.82 bits per heavy atom. The number of para-hydroxylation sites is 1. The van der Waals surface area contributed by atoms with Crippen molar-refractivity contribution in [2.24, 2.45) is 5.10 Å². The Hall–Kier alpha value is -4.38. The van der Waals surface area contributed by atoms with Crippen LogP contribution in [0.3, 0.4) is 0 Å². The number of ether oxygens (including phenoxy) is 1. The van der Waals surface area contributed by atoms with E-state index in [0.717, 1.165) is 28.2 Å². The van der Waals surface area contributed by atoms with Gasteiger partial charge in [-0.2, -0.15) is 5.10 Å². The second-order valence-electron chi connectivity index (χ2n) is 7.35. The normalized spacial score (nSPS) is 11.6. The summed E-state index contributed by atoms with van der Waals surface area (Å²) in [5.41, 5.74) is 5.27. The third-order valence-electron chi connectivity index (χ3n) is 5.14. The molecule has 3 aromatic carbocycles. The van der Waals surface area contributed by atoms with Crippen molar-refractivity contribution in [2.45, 2.75) is 11.8 Å². The first kappa shape index (κ1) is 22.8. The van der Waals surface area contributed by atoms with Gasteiger partial charge in [-0.3, -0.25) is 20.3 Å². The lowest BCUT2D eigenvalue weighted by Crippen LogP contribution is -2.13. The van der Waals surface area contributed by atoms with E-state index in [4.69, 9.17) is 4.74 Å². The van der Waals surface area contributed by atoms with Crippen LogP contribution in [0.2, 0.25) is 0 Å². The Morgan fingerprint density at radius 1 is 1.09 bits per heavy atom. The van der Waals surface area contributed by atoms with Gasteiger partial charge >= 0.3 is 0 Å². The number of sulfonamides is 1. The molecule has 0 unspecified atom stereocenters. The Balaban J connectivity index is 1.58. The molecule has 0 fully saturated rings. The van der Waals surface area contributed by atoms with Gasteiger partial charge in [0.15, 0.2) is 0 Å². The van der Waals surface area contributed by atoms with E-state index in [1.807, 2.05) is 31.2 Å². The Morgan fingerprint density at radius 3 is 2.53 bits per heavy atom. The predicted molar refractivity (Wildman–Crippen MR) is 131 cm³/mol. The van der Waals surface area contributed by atoms with Gasteiger partial charge in [0.25, 0.3) is 15.7 Å². The number of nitro groups is 1. The number of aromatic nitrogens is 1. The average Bonchev–Trinajstić information content (AvgIpc) is 3.14. The maximum Gasteiger partial charge on any atom is 0.295 e. The lowest BCUT2D eigenvalue weighted by atomic mass is 10.1. The van der Waals surface area contributed by atoms with Gasteiger partial charge in [-0.15, -0.1) is 0 Å². The number of rotatable bonds is 8. The van der Waals surface area contributed by atoms with Crippen molar-refractivity contribution in [1.82, 2.24) is 4.98 Å². The van der Waals surface area contributed by atoms with Crippen molar-refractivity contribution in [3.05, 3.63) is 88.1 Å². The van der Waals surface area contributed by atoms with E-state index in [1.165, 1.54) is 31.4 Å². The number of fused-ring (bicyclic) bond motifs is 1. The highest BCUT2D eigenvalue weighted by molar-refractivity contribution is 7.92. The van der Waals surface area contributed by atoms with Gasteiger partial charge in [-0.1, -0.05) is 18.2 Å². The number of methoxy groups -OCH3 is 1. The van der Waals surface area contributed by atoms with Crippen LogP contribution < -0.4 is 14.9 Å². The van der Waals surface area contributed by atoms with E-state index in [-0.39, 0.29) is 10.6 Å². The molecule has 0 aliphatic rings. The monoisotopic (exact) mass is 479 g/mol. The van der Waals surface area contributed by atoms with Gasteiger partial charge in [0.2, 0.25) is 0 Å². The standard InChI is InChI=1S/C23H21N5O5S/c1-15-20(19-5-3-4-6-21(19)25-15)14-24-26-22-12-11-18(13-23(22)28(29)30)34(31,32)27-16-7-9-17(33-2)10-8-16/h3-14,25-27H,1-2H3. The molecule has 4 aromatic rings. The number of nitrogens with zero attached hydrogens (tertiary/aromatic N) is 2. The summed E-state index contributed by atoms with van der Waals surface area (Å²) in [5.74, 6) is 0.567. The van der Waals surface area contributed by atoms with E-state index in [0.29, 0.717) is 11.4 Å². The summed E-state index contributed by atoms with van der Waals surface area (Å²) in [6.45, 7) is 1.90. The summed E-state index contributed by atoms with van der Waals surface area (Å²) < 4.78 is 33.0. The van der Waals surface area contributed by atoms with Crippen molar-refractivity contribution < 1.29 is 18.1 Å². The lowest BCUT2D eigenvalue weighted by Gasteiger charge is -2.10. The van der Waals surface area contributed by atoms with Crippen molar-refractivity contribution in [1.29, 1.82) is 0 Å². The fourth-order valence-electron chi connectivity index (χ4n) is 3.43. The highest BCUT2D eigenvalue weighted by atomic mass is 32.2. The van der Waals surface area contributed by atoms with Crippen LogP contribution in [-0.2, 0) is 10.0 Å². The zero-order valence-corrected chi connectivity index (χ0v) is 19.1. The maximum atomic E-state index is 12.8. The van der Waals surface area contributed by atoms with Gasteiger partial charge in [0, 0.05) is 33.9 Å². The van der Waals surface area contributed by atoms with Gasteiger partial charge in [-0.25, -0.2) is 8.42 Å². The number of aromatic amines is 1. The number of H-pyrrole nitrogens is 1. The first-order chi connectivity index (χ1) is 16.3. The van der Waals surface area contributed by atoms with Crippen LogP contribution in [0.25, 0.3) is 10.9 Å². The quantitative estimate of drug-likeness (QED) is 0.191. The van der Waals surface area contributed by atoms with Crippen molar-refractivity contribution >= 4 is 44.2 Å². The van der Waals surface area contributed by atoms with E-state index in [1.54, 1.807) is 18.3 Å². The molecule has 0 radical (unpaired) electrons. The molecule has 0 aliphatic heterocycles. The predicted octanol–water partition coefficient (Wildman–Crippen LogP) is 4.64. The van der Waals surface area contributed by atoms with E-state index >= 15 is 0 Å². The zero-order valence-electron chi connectivity index (χ0n) is 18.3. The molecular formula is C23H21N5O5S. The van der Waals surface area contributed by atoms with Gasteiger partial charge in [0.05, 0.1) is 23.1 Å². The van der Waals surface area contributed by atoms with E-state index in [2.05, 4.69) is 20.2 Å². The number of nitro benzene ring substituents is 1. The smallest absolute Gasteiger partial charge is 0.295 e. The van der Waals surface area contributed by atoms with Crippen molar-refractivity contribution in [3.63, 3.8) is 0 Å². The summed E-state index contributed by atoms with van der Waals surface area (Å²) in [5, 5.41) is 16.7. The minimum Gasteiger partial charge on any atom is -0.497 e. The van der Waals surface area contributed by atoms with Crippen LogP contribution in [0.1, 0.15) is 11.3 Å². The minimum atomic E-state index is -4.06. The van der Waals surface area contributed by atoms with Crippen LogP contribution in [0, 0.1) is 17.0 Å². The van der Waals surface area contributed by atoms with Crippen LogP contribution in [-0.4, -0.2) is 31.6 Å². The average molecular weight is 480 g/mol. The summed E-state index contributed by atoms with van der Waals surface area (Å²) in [4.78, 5) is 14.0. The molecule has 0 bridgehead atoms. The molecule has 10 nitrogen and oxygen atoms in total. The molecule has 0 atom stereocenters. The molecule has 4 rings (SSSR count). The van der Waals surface area contributed by atoms with E-state index in [9.17, 15) is 18.5 Å². The van der Waals surface area contributed by atoms with Gasteiger partial charge in [0.1, 0.15) is 11.4 Å². The van der Waals surface area contributed by atoms with Crippen LogP contribution in [0.15, 0.2) is 76.7 Å². The number of hydrogen-bond acceptors (Lipinski definition) is 7. The molecule has 11 heteroatoms. The molecule has 0 saturated heterocycles. The summed E-state index contributed by atoms with van der Waals surface area (Å²) >= 11 is 0. The van der Waals surface area contributed by atoms with Crippen LogP contribution in [0.4, 0.5) is 17.1 Å². The Bertz CT molecular complexity index is 1490. The maximum absolute atomic E-state index is 12.8. The third-order valence-corrected chi connectivity index (χ3v) is 6.52. The van der Waals surface area contributed by atoms with Crippen molar-refractivity contribution in [2.75, 3.05) is 17.3 Å². The fraction of sp³-hybridized carbons (Fsp3) is 0.0870. The van der Waals surface area contributed by atoms with Crippen molar-refractivity contribution in [3.8, 4) is 5.75 Å². The molecule has 1 aromatic heterocycles. The van der Waals surface area contributed by atoms with Gasteiger partial charge < -0.3 is 9.72 Å². The summed E-state index contributed by atoms with van der Waals surface area (Å²) in [7, 11) is -2.56. The van der Waals surface area contributed by atoms with E-state index < -0.39 is 20.6 Å². The first-order valence-electron chi connectivity index (χ1n) is 10.1. The third kappa shape index (κ3) is 4.69. The van der Waals surface area contributed by atoms with Crippen LogP contribution >= 0.6 is 0 Å². The molecule has 174 valence electrons. The number of nitrogens with one attached hydrogen (secondary N) is 3. The summed E-state index contributed by atoms with van der Waals surface area (Å²) in [6.07, 6.45) is 1.56.